The first-order valence-electron chi connectivity index (χ1n) is 10.6. The Morgan fingerprint density at radius 3 is 2.47 bits per heavy atom. The number of hydrogen-bond donors (Lipinski definition) is 1. The van der Waals surface area contributed by atoms with Crippen molar-refractivity contribution in [3.05, 3.63) is 53.9 Å². The normalized spacial score (nSPS) is 18.2. The SMILES string of the molecule is COC(=O)c1ccc(COc2cc3ncnc(OC4CCC(N)CC4)c3cc2OC)cc1. The molecular weight excluding hydrogens is 410 g/mol. The van der Waals surface area contributed by atoms with Crippen molar-refractivity contribution in [2.75, 3.05) is 14.2 Å². The van der Waals surface area contributed by atoms with E-state index in [1.54, 1.807) is 19.2 Å². The lowest BCUT2D eigenvalue weighted by molar-refractivity contribution is 0.0600. The first kappa shape index (κ1) is 21.8. The molecule has 0 atom stereocenters. The van der Waals surface area contributed by atoms with E-state index >= 15 is 0 Å². The van der Waals surface area contributed by atoms with Crippen LogP contribution in [0.1, 0.15) is 41.6 Å². The van der Waals surface area contributed by atoms with Crippen LogP contribution in [0.3, 0.4) is 0 Å². The lowest BCUT2D eigenvalue weighted by Gasteiger charge is -2.26. The van der Waals surface area contributed by atoms with Gasteiger partial charge in [0, 0.05) is 12.1 Å². The fourth-order valence-corrected chi connectivity index (χ4v) is 3.79. The summed E-state index contributed by atoms with van der Waals surface area (Å²) in [7, 11) is 2.95. The molecule has 8 heteroatoms. The van der Waals surface area contributed by atoms with Crippen LogP contribution in [-0.2, 0) is 11.3 Å². The Hall–Kier alpha value is -3.39. The van der Waals surface area contributed by atoms with Gasteiger partial charge in [0.15, 0.2) is 11.5 Å². The zero-order valence-electron chi connectivity index (χ0n) is 18.2. The molecule has 0 unspecified atom stereocenters. The number of benzene rings is 2. The number of esters is 1. The quantitative estimate of drug-likeness (QED) is 0.559. The highest BCUT2D eigenvalue weighted by molar-refractivity contribution is 5.89. The fourth-order valence-electron chi connectivity index (χ4n) is 3.79. The van der Waals surface area contributed by atoms with Crippen LogP contribution in [0, 0.1) is 0 Å². The number of aromatic nitrogens is 2. The van der Waals surface area contributed by atoms with Gasteiger partial charge in [-0.2, -0.15) is 0 Å². The van der Waals surface area contributed by atoms with Crippen LogP contribution in [-0.4, -0.2) is 42.3 Å². The van der Waals surface area contributed by atoms with Crippen molar-refractivity contribution in [3.8, 4) is 17.4 Å². The van der Waals surface area contributed by atoms with Crippen molar-refractivity contribution in [1.29, 1.82) is 0 Å². The van der Waals surface area contributed by atoms with E-state index in [1.807, 2.05) is 24.3 Å². The summed E-state index contributed by atoms with van der Waals surface area (Å²) >= 11 is 0. The number of nitrogens with two attached hydrogens (primary N) is 1. The zero-order chi connectivity index (χ0) is 22.5. The van der Waals surface area contributed by atoms with Crippen molar-refractivity contribution >= 4 is 16.9 Å². The summed E-state index contributed by atoms with van der Waals surface area (Å²) in [5.74, 6) is 1.29. The Morgan fingerprint density at radius 2 is 1.78 bits per heavy atom. The van der Waals surface area contributed by atoms with Crippen LogP contribution in [0.4, 0.5) is 0 Å². The maximum atomic E-state index is 11.6. The van der Waals surface area contributed by atoms with Crippen molar-refractivity contribution in [3.63, 3.8) is 0 Å². The van der Waals surface area contributed by atoms with Gasteiger partial charge in [0.05, 0.1) is 30.7 Å². The van der Waals surface area contributed by atoms with Crippen molar-refractivity contribution in [2.24, 2.45) is 5.73 Å². The van der Waals surface area contributed by atoms with Crippen LogP contribution in [0.2, 0.25) is 0 Å². The lowest BCUT2D eigenvalue weighted by atomic mass is 9.94. The van der Waals surface area contributed by atoms with Gasteiger partial charge in [-0.05, 0) is 49.4 Å². The topological polar surface area (TPSA) is 106 Å². The maximum Gasteiger partial charge on any atom is 0.337 e. The molecule has 1 aromatic heterocycles. The highest BCUT2D eigenvalue weighted by Gasteiger charge is 2.22. The van der Waals surface area contributed by atoms with Crippen molar-refractivity contribution in [1.82, 2.24) is 9.97 Å². The van der Waals surface area contributed by atoms with Gasteiger partial charge in [-0.15, -0.1) is 0 Å². The molecule has 0 bridgehead atoms. The van der Waals surface area contributed by atoms with Gasteiger partial charge in [0.2, 0.25) is 5.88 Å². The summed E-state index contributed by atoms with van der Waals surface area (Å²) in [5, 5.41) is 0.772. The van der Waals surface area contributed by atoms with Gasteiger partial charge in [-0.3, -0.25) is 0 Å². The molecule has 0 saturated heterocycles. The minimum Gasteiger partial charge on any atom is -0.493 e. The molecule has 1 aliphatic carbocycles. The van der Waals surface area contributed by atoms with Crippen molar-refractivity contribution < 1.29 is 23.7 Å². The molecule has 0 spiro atoms. The van der Waals surface area contributed by atoms with Gasteiger partial charge in [0.1, 0.15) is 19.0 Å². The Kier molecular flexibility index (Phi) is 6.70. The number of methoxy groups -OCH3 is 2. The number of carbonyl (C=O) groups excluding carboxylic acids is 1. The third-order valence-electron chi connectivity index (χ3n) is 5.65. The smallest absolute Gasteiger partial charge is 0.337 e. The highest BCUT2D eigenvalue weighted by Crippen LogP contribution is 2.36. The summed E-state index contributed by atoms with van der Waals surface area (Å²) in [6.45, 7) is 0.306. The van der Waals surface area contributed by atoms with E-state index in [4.69, 9.17) is 24.7 Å². The summed E-state index contributed by atoms with van der Waals surface area (Å²) in [6.07, 6.45) is 5.33. The standard InChI is InChI=1S/C24H27N3O5/c1-29-21-11-19-20(26-14-27-23(19)32-18-9-7-17(25)8-10-18)12-22(21)31-13-15-3-5-16(6-4-15)24(28)30-2/h3-6,11-12,14,17-18H,7-10,13,25H2,1-2H3. The third kappa shape index (κ3) is 4.91. The monoisotopic (exact) mass is 437 g/mol. The van der Waals surface area contributed by atoms with Gasteiger partial charge >= 0.3 is 5.97 Å². The third-order valence-corrected chi connectivity index (χ3v) is 5.65. The second kappa shape index (κ2) is 9.82. The van der Waals surface area contributed by atoms with Gasteiger partial charge in [-0.25, -0.2) is 14.8 Å². The van der Waals surface area contributed by atoms with E-state index < -0.39 is 0 Å². The van der Waals surface area contributed by atoms with E-state index in [2.05, 4.69) is 9.97 Å². The maximum absolute atomic E-state index is 11.6. The molecule has 3 aromatic rings. The van der Waals surface area contributed by atoms with E-state index in [0.717, 1.165) is 36.6 Å². The molecule has 8 nitrogen and oxygen atoms in total. The van der Waals surface area contributed by atoms with E-state index in [-0.39, 0.29) is 18.1 Å². The first-order valence-corrected chi connectivity index (χ1v) is 10.6. The minimum absolute atomic E-state index is 0.0998. The predicted molar refractivity (Wildman–Crippen MR) is 119 cm³/mol. The molecule has 0 aliphatic heterocycles. The molecule has 168 valence electrons. The van der Waals surface area contributed by atoms with Crippen LogP contribution in [0.15, 0.2) is 42.7 Å². The van der Waals surface area contributed by atoms with E-state index in [9.17, 15) is 4.79 Å². The number of rotatable bonds is 7. The number of ether oxygens (including phenoxy) is 4. The molecule has 2 aromatic carbocycles. The molecule has 0 radical (unpaired) electrons. The van der Waals surface area contributed by atoms with Crippen LogP contribution in [0.5, 0.6) is 17.4 Å². The summed E-state index contributed by atoms with van der Waals surface area (Å²) in [5.41, 5.74) is 8.10. The Morgan fingerprint density at radius 1 is 1.03 bits per heavy atom. The second-order valence-electron chi connectivity index (χ2n) is 7.83. The van der Waals surface area contributed by atoms with Crippen molar-refractivity contribution in [2.45, 2.75) is 44.4 Å². The zero-order valence-corrected chi connectivity index (χ0v) is 18.2. The Balaban J connectivity index is 1.52. The first-order chi connectivity index (χ1) is 15.6. The largest absolute Gasteiger partial charge is 0.493 e. The lowest BCUT2D eigenvalue weighted by Crippen LogP contribution is -2.31. The van der Waals surface area contributed by atoms with Crippen LogP contribution < -0.4 is 19.9 Å². The summed E-state index contributed by atoms with van der Waals surface area (Å²) in [6, 6.07) is 11.0. The number of carbonyl (C=O) groups is 1. The molecule has 1 saturated carbocycles. The molecule has 32 heavy (non-hydrogen) atoms. The summed E-state index contributed by atoms with van der Waals surface area (Å²) in [4.78, 5) is 20.3. The van der Waals surface area contributed by atoms with Gasteiger partial charge in [-0.1, -0.05) is 12.1 Å². The number of fused-ring (bicyclic) bond motifs is 1. The highest BCUT2D eigenvalue weighted by atomic mass is 16.5. The average Bonchev–Trinajstić information content (AvgIpc) is 2.83. The molecule has 2 N–H and O–H groups in total. The van der Waals surface area contributed by atoms with Crippen LogP contribution in [0.25, 0.3) is 10.9 Å². The van der Waals surface area contributed by atoms with E-state index in [1.165, 1.54) is 13.4 Å². The fraction of sp³-hybridized carbons (Fsp3) is 0.375. The van der Waals surface area contributed by atoms with E-state index in [0.29, 0.717) is 35.1 Å². The molecule has 0 amide bonds. The number of hydrogen-bond acceptors (Lipinski definition) is 8. The summed E-state index contributed by atoms with van der Waals surface area (Å²) < 4.78 is 22.5. The van der Waals surface area contributed by atoms with Crippen LogP contribution >= 0.6 is 0 Å². The van der Waals surface area contributed by atoms with Gasteiger partial charge < -0.3 is 24.7 Å². The Bertz CT molecular complexity index is 1080. The molecule has 1 heterocycles. The molecule has 1 aliphatic rings. The molecule has 4 rings (SSSR count). The van der Waals surface area contributed by atoms with Gasteiger partial charge in [0.25, 0.3) is 0 Å². The predicted octanol–water partition coefficient (Wildman–Crippen LogP) is 3.65. The number of nitrogens with zero attached hydrogens (tertiary/aromatic N) is 2. The average molecular weight is 437 g/mol. The molecular formula is C24H27N3O5. The molecule has 1 fully saturated rings. The second-order valence-corrected chi connectivity index (χ2v) is 7.83. The minimum atomic E-state index is -0.373. The Labute approximate surface area is 186 Å².